The Labute approximate surface area is 81.7 Å². The highest BCUT2D eigenvalue weighted by molar-refractivity contribution is 5.30. The van der Waals surface area contributed by atoms with Crippen molar-refractivity contribution in [1.82, 2.24) is 0 Å². The first-order valence-corrected chi connectivity index (χ1v) is 4.34. The van der Waals surface area contributed by atoms with Gasteiger partial charge in [-0.05, 0) is 25.5 Å². The number of ether oxygens (including phenoxy) is 1. The van der Waals surface area contributed by atoms with Crippen molar-refractivity contribution >= 4 is 0 Å². The topological polar surface area (TPSA) is 35.2 Å². The first kappa shape index (κ1) is 10.9. The van der Waals surface area contributed by atoms with Crippen molar-refractivity contribution in [2.45, 2.75) is 19.9 Å². The molecule has 0 radical (unpaired) electrons. The van der Waals surface area contributed by atoms with Crippen LogP contribution in [0.15, 0.2) is 12.1 Å². The fourth-order valence-corrected chi connectivity index (χ4v) is 0.963. The SMILES string of the molecule is Cc1cc(OC[C@H](C)N)c(F)cc1F. The van der Waals surface area contributed by atoms with Crippen molar-refractivity contribution in [2.75, 3.05) is 6.61 Å². The molecule has 1 rings (SSSR count). The van der Waals surface area contributed by atoms with Crippen LogP contribution in [0.2, 0.25) is 0 Å². The van der Waals surface area contributed by atoms with E-state index in [0.29, 0.717) is 5.56 Å². The molecule has 0 fully saturated rings. The molecule has 78 valence electrons. The Balaban J connectivity index is 2.82. The Morgan fingerprint density at radius 3 is 2.57 bits per heavy atom. The van der Waals surface area contributed by atoms with Crippen LogP contribution in [0.5, 0.6) is 5.75 Å². The Bertz CT molecular complexity index is 326. The molecule has 0 amide bonds. The maximum absolute atomic E-state index is 13.1. The van der Waals surface area contributed by atoms with Gasteiger partial charge in [0, 0.05) is 12.1 Å². The molecule has 0 aliphatic carbocycles. The summed E-state index contributed by atoms with van der Waals surface area (Å²) in [4.78, 5) is 0. The second kappa shape index (κ2) is 4.37. The summed E-state index contributed by atoms with van der Waals surface area (Å²) in [6.07, 6.45) is 0. The van der Waals surface area contributed by atoms with Crippen LogP contribution in [0.25, 0.3) is 0 Å². The first-order valence-electron chi connectivity index (χ1n) is 4.34. The van der Waals surface area contributed by atoms with Crippen molar-refractivity contribution in [3.05, 3.63) is 29.3 Å². The van der Waals surface area contributed by atoms with Crippen LogP contribution in [0.3, 0.4) is 0 Å². The molecule has 1 aromatic rings. The van der Waals surface area contributed by atoms with Gasteiger partial charge in [0.05, 0.1) is 0 Å². The van der Waals surface area contributed by atoms with Gasteiger partial charge in [-0.1, -0.05) is 0 Å². The van der Waals surface area contributed by atoms with E-state index < -0.39 is 11.6 Å². The van der Waals surface area contributed by atoms with Crippen LogP contribution in [0.4, 0.5) is 8.78 Å². The maximum atomic E-state index is 13.1. The lowest BCUT2D eigenvalue weighted by atomic mass is 10.2. The largest absolute Gasteiger partial charge is 0.489 e. The van der Waals surface area contributed by atoms with Crippen molar-refractivity contribution in [3.8, 4) is 5.75 Å². The van der Waals surface area contributed by atoms with Gasteiger partial charge in [-0.2, -0.15) is 0 Å². The lowest BCUT2D eigenvalue weighted by Crippen LogP contribution is -2.23. The van der Waals surface area contributed by atoms with E-state index in [1.165, 1.54) is 6.07 Å². The summed E-state index contributed by atoms with van der Waals surface area (Å²) in [5, 5.41) is 0. The third-order valence-electron chi connectivity index (χ3n) is 1.71. The second-order valence-electron chi connectivity index (χ2n) is 3.32. The summed E-state index contributed by atoms with van der Waals surface area (Å²) >= 11 is 0. The minimum Gasteiger partial charge on any atom is -0.489 e. The molecule has 0 aliphatic heterocycles. The predicted molar refractivity (Wildman–Crippen MR) is 50.2 cm³/mol. The standard InChI is InChI=1S/C10H13F2NO/c1-6-3-10(14-5-7(2)13)9(12)4-8(6)11/h3-4,7H,5,13H2,1-2H3/t7-/m0/s1. The lowest BCUT2D eigenvalue weighted by Gasteiger charge is -2.10. The Morgan fingerprint density at radius 2 is 2.00 bits per heavy atom. The highest BCUT2D eigenvalue weighted by Gasteiger charge is 2.08. The van der Waals surface area contributed by atoms with Gasteiger partial charge >= 0.3 is 0 Å². The summed E-state index contributed by atoms with van der Waals surface area (Å²) in [6.45, 7) is 3.50. The molecular formula is C10H13F2NO. The Morgan fingerprint density at radius 1 is 1.36 bits per heavy atom. The first-order chi connectivity index (χ1) is 6.50. The number of nitrogens with two attached hydrogens (primary N) is 1. The number of benzene rings is 1. The van der Waals surface area contributed by atoms with Gasteiger partial charge < -0.3 is 10.5 Å². The highest BCUT2D eigenvalue weighted by Crippen LogP contribution is 2.21. The van der Waals surface area contributed by atoms with E-state index in [-0.39, 0.29) is 18.4 Å². The van der Waals surface area contributed by atoms with Crippen molar-refractivity contribution in [2.24, 2.45) is 5.73 Å². The van der Waals surface area contributed by atoms with Gasteiger partial charge in [-0.15, -0.1) is 0 Å². The number of halogens is 2. The van der Waals surface area contributed by atoms with E-state index in [0.717, 1.165) is 6.07 Å². The number of hydrogen-bond donors (Lipinski definition) is 1. The van der Waals surface area contributed by atoms with Gasteiger partial charge in [-0.3, -0.25) is 0 Å². The van der Waals surface area contributed by atoms with E-state index >= 15 is 0 Å². The zero-order valence-corrected chi connectivity index (χ0v) is 8.18. The minimum absolute atomic E-state index is 0.0428. The van der Waals surface area contributed by atoms with Gasteiger partial charge in [0.15, 0.2) is 11.6 Å². The smallest absolute Gasteiger partial charge is 0.167 e. The van der Waals surface area contributed by atoms with Gasteiger partial charge in [0.1, 0.15) is 12.4 Å². The maximum Gasteiger partial charge on any atom is 0.167 e. The van der Waals surface area contributed by atoms with Crippen LogP contribution >= 0.6 is 0 Å². The van der Waals surface area contributed by atoms with Crippen molar-refractivity contribution in [1.29, 1.82) is 0 Å². The minimum atomic E-state index is -0.700. The van der Waals surface area contributed by atoms with E-state index in [4.69, 9.17) is 10.5 Å². The summed E-state index contributed by atoms with van der Waals surface area (Å²) in [6, 6.07) is 1.96. The molecule has 2 N–H and O–H groups in total. The summed E-state index contributed by atoms with van der Waals surface area (Å²) in [5.41, 5.74) is 5.79. The third-order valence-corrected chi connectivity index (χ3v) is 1.71. The third kappa shape index (κ3) is 2.67. The molecule has 14 heavy (non-hydrogen) atoms. The molecule has 2 nitrogen and oxygen atoms in total. The van der Waals surface area contributed by atoms with Crippen molar-refractivity contribution in [3.63, 3.8) is 0 Å². The monoisotopic (exact) mass is 201 g/mol. The zero-order chi connectivity index (χ0) is 10.7. The van der Waals surface area contributed by atoms with Crippen LogP contribution in [-0.4, -0.2) is 12.6 Å². The van der Waals surface area contributed by atoms with Gasteiger partial charge in [0.25, 0.3) is 0 Å². The van der Waals surface area contributed by atoms with Crippen LogP contribution in [-0.2, 0) is 0 Å². The molecule has 0 aliphatic rings. The molecular weight excluding hydrogens is 188 g/mol. The molecule has 4 heteroatoms. The molecule has 0 saturated carbocycles. The molecule has 0 spiro atoms. The molecule has 1 aromatic carbocycles. The molecule has 0 aromatic heterocycles. The van der Waals surface area contributed by atoms with Crippen LogP contribution < -0.4 is 10.5 Å². The van der Waals surface area contributed by atoms with E-state index in [1.807, 2.05) is 0 Å². The Hall–Kier alpha value is -1.16. The fraction of sp³-hybridized carbons (Fsp3) is 0.400. The van der Waals surface area contributed by atoms with E-state index in [1.54, 1.807) is 13.8 Å². The molecule has 0 saturated heterocycles. The van der Waals surface area contributed by atoms with Crippen molar-refractivity contribution < 1.29 is 13.5 Å². The molecule has 1 atom stereocenters. The number of hydrogen-bond acceptors (Lipinski definition) is 2. The Kier molecular flexibility index (Phi) is 3.41. The van der Waals surface area contributed by atoms with Crippen LogP contribution in [0, 0.1) is 18.6 Å². The second-order valence-corrected chi connectivity index (χ2v) is 3.32. The predicted octanol–water partition coefficient (Wildman–Crippen LogP) is 2.00. The normalized spacial score (nSPS) is 12.6. The van der Waals surface area contributed by atoms with Gasteiger partial charge in [-0.25, -0.2) is 8.78 Å². The number of rotatable bonds is 3. The highest BCUT2D eigenvalue weighted by atomic mass is 19.1. The quantitative estimate of drug-likeness (QED) is 0.811. The van der Waals surface area contributed by atoms with Gasteiger partial charge in [0.2, 0.25) is 0 Å². The van der Waals surface area contributed by atoms with Crippen LogP contribution in [0.1, 0.15) is 12.5 Å². The average molecular weight is 201 g/mol. The molecule has 0 bridgehead atoms. The summed E-state index contributed by atoms with van der Waals surface area (Å²) in [7, 11) is 0. The van der Waals surface area contributed by atoms with E-state index in [2.05, 4.69) is 0 Å². The average Bonchev–Trinajstić information content (AvgIpc) is 2.09. The summed E-state index contributed by atoms with van der Waals surface area (Å²) < 4.78 is 31.0. The number of aryl methyl sites for hydroxylation is 1. The fourth-order valence-electron chi connectivity index (χ4n) is 0.963. The molecule has 0 heterocycles. The summed E-state index contributed by atoms with van der Waals surface area (Å²) in [5.74, 6) is -1.23. The van der Waals surface area contributed by atoms with E-state index in [9.17, 15) is 8.78 Å². The zero-order valence-electron chi connectivity index (χ0n) is 8.18. The molecule has 0 unspecified atom stereocenters. The lowest BCUT2D eigenvalue weighted by molar-refractivity contribution is 0.281.